The maximum Gasteiger partial charge on any atom is 0.263 e. The molecule has 0 bridgehead atoms. The molecule has 0 radical (unpaired) electrons. The summed E-state index contributed by atoms with van der Waals surface area (Å²) in [6, 6.07) is 10.7. The van der Waals surface area contributed by atoms with Gasteiger partial charge in [0.25, 0.3) is 5.56 Å². The largest absolute Gasteiger partial charge is 0.497 e. The molecular weight excluding hydrogens is 467 g/mol. The molecule has 10 heteroatoms. The lowest BCUT2D eigenvalue weighted by Crippen LogP contribution is -2.13. The number of ether oxygens (including phenoxy) is 1. The van der Waals surface area contributed by atoms with Gasteiger partial charge in [-0.3, -0.25) is 4.79 Å². The van der Waals surface area contributed by atoms with Crippen molar-refractivity contribution in [3.05, 3.63) is 73.2 Å². The van der Waals surface area contributed by atoms with Crippen molar-refractivity contribution in [2.75, 3.05) is 13.4 Å². The van der Waals surface area contributed by atoms with Gasteiger partial charge < -0.3 is 9.72 Å². The Balaban J connectivity index is 1.91. The Bertz CT molecular complexity index is 1300. The van der Waals surface area contributed by atoms with E-state index in [-0.39, 0.29) is 5.56 Å². The van der Waals surface area contributed by atoms with Crippen molar-refractivity contribution >= 4 is 57.6 Å². The highest BCUT2D eigenvalue weighted by Gasteiger charge is 2.21. The second kappa shape index (κ2) is 8.51. The van der Waals surface area contributed by atoms with E-state index in [4.69, 9.17) is 39.5 Å². The first-order chi connectivity index (χ1) is 14.4. The molecule has 154 valence electrons. The Morgan fingerprint density at radius 2 is 1.90 bits per heavy atom. The fourth-order valence-corrected chi connectivity index (χ4v) is 4.66. The zero-order chi connectivity index (χ0) is 21.4. The third kappa shape index (κ3) is 3.90. The molecule has 30 heavy (non-hydrogen) atoms. The van der Waals surface area contributed by atoms with E-state index in [1.165, 1.54) is 16.4 Å². The van der Waals surface area contributed by atoms with E-state index in [1.54, 1.807) is 19.2 Å². The average Bonchev–Trinajstić information content (AvgIpc) is 3.06. The summed E-state index contributed by atoms with van der Waals surface area (Å²) in [4.78, 5) is 20.4. The van der Waals surface area contributed by atoms with Crippen LogP contribution in [0.5, 0.6) is 5.75 Å². The van der Waals surface area contributed by atoms with Crippen LogP contribution in [-0.4, -0.2) is 33.1 Å². The van der Waals surface area contributed by atoms with Gasteiger partial charge in [-0.25, -0.2) is 9.67 Å². The average molecular weight is 482 g/mol. The van der Waals surface area contributed by atoms with Crippen LogP contribution in [0.4, 0.5) is 0 Å². The lowest BCUT2D eigenvalue weighted by molar-refractivity contribution is 0.414. The van der Waals surface area contributed by atoms with E-state index >= 15 is 0 Å². The third-order valence-electron chi connectivity index (χ3n) is 4.45. The van der Waals surface area contributed by atoms with Crippen LogP contribution in [0, 0.1) is 0 Å². The maximum atomic E-state index is 12.9. The van der Waals surface area contributed by atoms with Crippen LogP contribution in [0.1, 0.15) is 11.4 Å². The number of nitrogens with zero attached hydrogens (tertiary/aromatic N) is 3. The predicted octanol–water partition coefficient (Wildman–Crippen LogP) is 5.39. The van der Waals surface area contributed by atoms with Crippen molar-refractivity contribution < 1.29 is 4.74 Å². The van der Waals surface area contributed by atoms with E-state index in [2.05, 4.69) is 15.1 Å². The molecular formula is C20H15Cl3N4O2S. The molecule has 6 nitrogen and oxygen atoms in total. The van der Waals surface area contributed by atoms with Gasteiger partial charge in [-0.15, -0.1) is 11.8 Å². The van der Waals surface area contributed by atoms with E-state index < -0.39 is 0 Å². The fraction of sp³-hybridized carbons (Fsp3) is 0.150. The van der Waals surface area contributed by atoms with Crippen molar-refractivity contribution in [2.45, 2.75) is 11.4 Å². The van der Waals surface area contributed by atoms with Crippen LogP contribution in [0.3, 0.4) is 0 Å². The van der Waals surface area contributed by atoms with Crippen LogP contribution >= 0.6 is 46.6 Å². The standard InChI is InChI=1S/C20H15Cl3N4O2S/c1-29-12-5-3-4-10(6-12)7-15-24-18-16(19(28)25-15)20(30-2)26-27(18)17-13(22)8-11(21)9-14(17)23/h3-6,8-9H,7H2,1-2H3,(H,24,25,28). The van der Waals surface area contributed by atoms with Crippen LogP contribution in [-0.2, 0) is 6.42 Å². The second-order valence-corrected chi connectivity index (χ2v) is 8.42. The highest BCUT2D eigenvalue weighted by molar-refractivity contribution is 7.98. The SMILES string of the molecule is COc1cccc(Cc2nc3c(c(SC)nn3-c3c(Cl)cc(Cl)cc3Cl)c(=O)[nH]2)c1. The first kappa shape index (κ1) is 21.1. The number of hydrogen-bond acceptors (Lipinski definition) is 5. The summed E-state index contributed by atoms with van der Waals surface area (Å²) in [5.74, 6) is 1.21. The van der Waals surface area contributed by atoms with Gasteiger partial charge in [0.05, 0.1) is 17.2 Å². The summed E-state index contributed by atoms with van der Waals surface area (Å²) in [5.41, 5.74) is 1.44. The predicted molar refractivity (Wildman–Crippen MR) is 122 cm³/mol. The number of fused-ring (bicyclic) bond motifs is 1. The molecule has 0 amide bonds. The molecule has 1 N–H and O–H groups in total. The Morgan fingerprint density at radius 3 is 2.57 bits per heavy atom. The van der Waals surface area contributed by atoms with Crippen LogP contribution < -0.4 is 10.3 Å². The molecule has 0 aliphatic carbocycles. The molecule has 2 heterocycles. The molecule has 0 saturated heterocycles. The third-order valence-corrected chi connectivity index (χ3v) is 5.91. The van der Waals surface area contributed by atoms with E-state index in [9.17, 15) is 4.79 Å². The quantitative estimate of drug-likeness (QED) is 0.387. The van der Waals surface area contributed by atoms with Gasteiger partial charge in [0.1, 0.15) is 27.7 Å². The van der Waals surface area contributed by atoms with Crippen LogP contribution in [0.25, 0.3) is 16.7 Å². The van der Waals surface area contributed by atoms with Gasteiger partial charge in [0, 0.05) is 11.4 Å². The van der Waals surface area contributed by atoms with Gasteiger partial charge in [-0.05, 0) is 36.1 Å². The molecule has 0 fully saturated rings. The number of thioether (sulfide) groups is 1. The van der Waals surface area contributed by atoms with Crippen molar-refractivity contribution in [2.24, 2.45) is 0 Å². The highest BCUT2D eigenvalue weighted by Crippen LogP contribution is 2.34. The molecule has 0 saturated carbocycles. The number of rotatable bonds is 5. The minimum atomic E-state index is -0.283. The number of halogens is 3. The molecule has 0 spiro atoms. The molecule has 4 rings (SSSR count). The first-order valence-corrected chi connectivity index (χ1v) is 11.1. The fourth-order valence-electron chi connectivity index (χ4n) is 3.14. The molecule has 0 atom stereocenters. The molecule has 0 aliphatic rings. The topological polar surface area (TPSA) is 72.8 Å². The number of H-pyrrole nitrogens is 1. The summed E-state index contributed by atoms with van der Waals surface area (Å²) in [5, 5.41) is 6.44. The molecule has 0 unspecified atom stereocenters. The van der Waals surface area contributed by atoms with Crippen LogP contribution in [0.15, 0.2) is 46.2 Å². The number of hydrogen-bond donors (Lipinski definition) is 1. The Hall–Kier alpha value is -2.19. The van der Waals surface area contributed by atoms with E-state index in [1.807, 2.05) is 30.5 Å². The van der Waals surface area contributed by atoms with Crippen molar-refractivity contribution in [1.82, 2.24) is 19.7 Å². The van der Waals surface area contributed by atoms with E-state index in [0.717, 1.165) is 11.3 Å². The van der Waals surface area contributed by atoms with Crippen molar-refractivity contribution in [1.29, 1.82) is 0 Å². The summed E-state index contributed by atoms with van der Waals surface area (Å²) >= 11 is 20.2. The van der Waals surface area contributed by atoms with Crippen LogP contribution in [0.2, 0.25) is 15.1 Å². The normalized spacial score (nSPS) is 11.2. The van der Waals surface area contributed by atoms with Gasteiger partial charge in [-0.2, -0.15) is 5.10 Å². The van der Waals surface area contributed by atoms with E-state index in [0.29, 0.717) is 49.1 Å². The molecule has 4 aromatic rings. The van der Waals surface area contributed by atoms with Crippen molar-refractivity contribution in [3.8, 4) is 11.4 Å². The second-order valence-electron chi connectivity index (χ2n) is 6.38. The summed E-state index contributed by atoms with van der Waals surface area (Å²) in [6.07, 6.45) is 2.24. The zero-order valence-corrected chi connectivity index (χ0v) is 19.0. The maximum absolute atomic E-state index is 12.9. The minimum Gasteiger partial charge on any atom is -0.497 e. The Morgan fingerprint density at radius 1 is 1.17 bits per heavy atom. The molecule has 2 aromatic carbocycles. The minimum absolute atomic E-state index is 0.283. The summed E-state index contributed by atoms with van der Waals surface area (Å²) < 4.78 is 6.76. The van der Waals surface area contributed by atoms with Crippen molar-refractivity contribution in [3.63, 3.8) is 0 Å². The van der Waals surface area contributed by atoms with Gasteiger partial charge in [0.2, 0.25) is 0 Å². The monoisotopic (exact) mass is 480 g/mol. The van der Waals surface area contributed by atoms with Gasteiger partial charge in [-0.1, -0.05) is 46.9 Å². The Labute approximate surface area is 191 Å². The summed E-state index contributed by atoms with van der Waals surface area (Å²) in [7, 11) is 1.60. The lowest BCUT2D eigenvalue weighted by Gasteiger charge is -2.09. The highest BCUT2D eigenvalue weighted by atomic mass is 35.5. The smallest absolute Gasteiger partial charge is 0.263 e. The summed E-state index contributed by atoms with van der Waals surface area (Å²) in [6.45, 7) is 0. The first-order valence-electron chi connectivity index (χ1n) is 8.75. The Kier molecular flexibility index (Phi) is 5.97. The number of nitrogens with one attached hydrogen (secondary N) is 1. The van der Waals surface area contributed by atoms with Gasteiger partial charge in [0.15, 0.2) is 5.65 Å². The zero-order valence-electron chi connectivity index (χ0n) is 15.9. The molecule has 2 aromatic heterocycles. The lowest BCUT2D eigenvalue weighted by atomic mass is 10.1. The van der Waals surface area contributed by atoms with Gasteiger partial charge >= 0.3 is 0 Å². The number of aromatic nitrogens is 4. The molecule has 0 aliphatic heterocycles. The number of methoxy groups -OCH3 is 1. The number of benzene rings is 2. The number of aromatic amines is 1.